The maximum atomic E-state index is 11.2. The van der Waals surface area contributed by atoms with Crippen LogP contribution >= 0.6 is 0 Å². The Labute approximate surface area is 108 Å². The molecule has 0 spiro atoms. The third kappa shape index (κ3) is 1.89. The van der Waals surface area contributed by atoms with Gasteiger partial charge < -0.3 is 10.0 Å². The Morgan fingerprint density at radius 3 is 3.00 bits per heavy atom. The van der Waals surface area contributed by atoms with Gasteiger partial charge >= 0.3 is 5.69 Å². The summed E-state index contributed by atoms with van der Waals surface area (Å²) in [4.78, 5) is 16.8. The van der Waals surface area contributed by atoms with Crippen LogP contribution in [0, 0.1) is 10.1 Å². The van der Waals surface area contributed by atoms with Gasteiger partial charge in [-0.2, -0.15) is 5.10 Å². The highest BCUT2D eigenvalue weighted by atomic mass is 16.6. The van der Waals surface area contributed by atoms with Crippen LogP contribution in [0.1, 0.15) is 6.42 Å². The largest absolute Gasteiger partial charge is 0.391 e. The average molecular weight is 263 g/mol. The predicted molar refractivity (Wildman–Crippen MR) is 68.0 cm³/mol. The highest BCUT2D eigenvalue weighted by Gasteiger charge is 2.29. The molecule has 0 aliphatic carbocycles. The Bertz CT molecular complexity index is 653. The lowest BCUT2D eigenvalue weighted by atomic mass is 10.3. The van der Waals surface area contributed by atoms with Gasteiger partial charge in [0.05, 0.1) is 17.2 Å². The fourth-order valence-corrected chi connectivity index (χ4v) is 2.36. The number of nitro groups is 1. The van der Waals surface area contributed by atoms with Gasteiger partial charge in [-0.25, -0.2) is 4.98 Å². The smallest absolute Gasteiger partial charge is 0.312 e. The third-order valence-electron chi connectivity index (χ3n) is 3.33. The number of aliphatic hydroxyl groups excluding tert-OH is 1. The predicted octanol–water partition coefficient (Wildman–Crippen LogP) is 0.447. The molecule has 1 aliphatic rings. The molecule has 3 heterocycles. The van der Waals surface area contributed by atoms with Crippen LogP contribution < -0.4 is 4.90 Å². The summed E-state index contributed by atoms with van der Waals surface area (Å²) in [6, 6.07) is 1.48. The highest BCUT2D eigenvalue weighted by molar-refractivity contribution is 5.82. The van der Waals surface area contributed by atoms with E-state index in [1.165, 1.54) is 6.07 Å². The summed E-state index contributed by atoms with van der Waals surface area (Å²) in [6.07, 6.45) is 1.70. The Hall–Kier alpha value is -2.22. The summed E-state index contributed by atoms with van der Waals surface area (Å²) in [5, 5.41) is 25.4. The van der Waals surface area contributed by atoms with E-state index in [-0.39, 0.29) is 5.69 Å². The van der Waals surface area contributed by atoms with Crippen molar-refractivity contribution in [2.24, 2.45) is 7.05 Å². The molecule has 1 atom stereocenters. The molecular weight excluding hydrogens is 250 g/mol. The molecule has 0 radical (unpaired) electrons. The van der Waals surface area contributed by atoms with Gasteiger partial charge in [0.25, 0.3) is 0 Å². The van der Waals surface area contributed by atoms with E-state index in [1.807, 2.05) is 0 Å². The first kappa shape index (κ1) is 11.8. The summed E-state index contributed by atoms with van der Waals surface area (Å²) in [6.45, 7) is 0.940. The number of fused-ring (bicyclic) bond motifs is 1. The van der Waals surface area contributed by atoms with Gasteiger partial charge in [-0.3, -0.25) is 14.8 Å². The topological polar surface area (TPSA) is 97.3 Å². The number of nitrogens with zero attached hydrogens (tertiary/aromatic N) is 5. The summed E-state index contributed by atoms with van der Waals surface area (Å²) >= 11 is 0. The molecule has 0 bridgehead atoms. The van der Waals surface area contributed by atoms with E-state index in [0.717, 1.165) is 0 Å². The normalized spacial score (nSPS) is 19.3. The van der Waals surface area contributed by atoms with E-state index in [9.17, 15) is 15.2 Å². The summed E-state index contributed by atoms with van der Waals surface area (Å²) in [5.74, 6) is 0.303. The molecule has 100 valence electrons. The lowest BCUT2D eigenvalue weighted by molar-refractivity contribution is -0.384. The van der Waals surface area contributed by atoms with Crippen LogP contribution in [-0.2, 0) is 7.05 Å². The van der Waals surface area contributed by atoms with Crippen molar-refractivity contribution >= 4 is 22.5 Å². The second-order valence-electron chi connectivity index (χ2n) is 4.66. The van der Waals surface area contributed by atoms with Crippen molar-refractivity contribution in [1.29, 1.82) is 0 Å². The molecule has 1 fully saturated rings. The maximum Gasteiger partial charge on any atom is 0.312 e. The van der Waals surface area contributed by atoms with Crippen molar-refractivity contribution in [3.8, 4) is 0 Å². The zero-order chi connectivity index (χ0) is 13.6. The van der Waals surface area contributed by atoms with Gasteiger partial charge in [0.15, 0.2) is 5.65 Å². The molecule has 1 aliphatic heterocycles. The Kier molecular flexibility index (Phi) is 2.59. The minimum atomic E-state index is -0.455. The van der Waals surface area contributed by atoms with Crippen molar-refractivity contribution in [2.45, 2.75) is 12.5 Å². The fourth-order valence-electron chi connectivity index (χ4n) is 2.36. The Morgan fingerprint density at radius 1 is 1.58 bits per heavy atom. The molecule has 1 unspecified atom stereocenters. The van der Waals surface area contributed by atoms with Crippen LogP contribution in [0.15, 0.2) is 12.3 Å². The van der Waals surface area contributed by atoms with E-state index in [1.54, 1.807) is 22.8 Å². The van der Waals surface area contributed by atoms with Gasteiger partial charge in [0, 0.05) is 31.6 Å². The second kappa shape index (κ2) is 4.16. The van der Waals surface area contributed by atoms with Crippen molar-refractivity contribution in [3.63, 3.8) is 0 Å². The molecule has 1 N–H and O–H groups in total. The number of hydrogen-bond donors (Lipinski definition) is 1. The van der Waals surface area contributed by atoms with Crippen LogP contribution in [0.4, 0.5) is 11.5 Å². The number of pyridine rings is 1. The zero-order valence-electron chi connectivity index (χ0n) is 10.4. The first-order chi connectivity index (χ1) is 9.06. The minimum absolute atomic E-state index is 0.0467. The summed E-state index contributed by atoms with van der Waals surface area (Å²) < 4.78 is 1.58. The molecule has 1 saturated heterocycles. The Balaban J connectivity index is 2.16. The average Bonchev–Trinajstić information content (AvgIpc) is 2.95. The van der Waals surface area contributed by atoms with Gasteiger partial charge in [-0.05, 0) is 6.42 Å². The SMILES string of the molecule is Cn1ncc2cc([N+](=O)[O-])c(N3CCC(O)C3)nc21. The van der Waals surface area contributed by atoms with Gasteiger partial charge in [-0.15, -0.1) is 0 Å². The number of rotatable bonds is 2. The molecule has 0 aromatic carbocycles. The number of hydrogen-bond acceptors (Lipinski definition) is 6. The molecular formula is C11H13N5O3. The van der Waals surface area contributed by atoms with Crippen LogP contribution in [0.5, 0.6) is 0 Å². The van der Waals surface area contributed by atoms with Crippen molar-refractivity contribution in [3.05, 3.63) is 22.4 Å². The number of anilines is 1. The first-order valence-corrected chi connectivity index (χ1v) is 5.96. The van der Waals surface area contributed by atoms with Crippen molar-refractivity contribution in [2.75, 3.05) is 18.0 Å². The van der Waals surface area contributed by atoms with Crippen LogP contribution in [0.2, 0.25) is 0 Å². The monoisotopic (exact) mass is 263 g/mol. The van der Waals surface area contributed by atoms with Gasteiger partial charge in [0.1, 0.15) is 0 Å². The molecule has 8 heteroatoms. The second-order valence-corrected chi connectivity index (χ2v) is 4.66. The van der Waals surface area contributed by atoms with Crippen molar-refractivity contribution < 1.29 is 10.0 Å². The lowest BCUT2D eigenvalue weighted by Crippen LogP contribution is -2.23. The molecule has 2 aromatic heterocycles. The lowest BCUT2D eigenvalue weighted by Gasteiger charge is -2.16. The van der Waals surface area contributed by atoms with E-state index < -0.39 is 11.0 Å². The highest BCUT2D eigenvalue weighted by Crippen LogP contribution is 2.31. The van der Waals surface area contributed by atoms with Crippen LogP contribution in [0.25, 0.3) is 11.0 Å². The minimum Gasteiger partial charge on any atom is -0.391 e. The molecule has 19 heavy (non-hydrogen) atoms. The van der Waals surface area contributed by atoms with E-state index >= 15 is 0 Å². The maximum absolute atomic E-state index is 11.2. The fraction of sp³-hybridized carbons (Fsp3) is 0.455. The molecule has 8 nitrogen and oxygen atoms in total. The first-order valence-electron chi connectivity index (χ1n) is 5.96. The van der Waals surface area contributed by atoms with Gasteiger partial charge in [-0.1, -0.05) is 0 Å². The molecule has 2 aromatic rings. The summed E-state index contributed by atoms with van der Waals surface area (Å²) in [7, 11) is 1.74. The third-order valence-corrected chi connectivity index (χ3v) is 3.33. The number of β-amino-alcohol motifs (C(OH)–C–C–N with tert-alkyl or cyclic N) is 1. The Morgan fingerprint density at radius 2 is 2.37 bits per heavy atom. The summed E-state index contributed by atoms with van der Waals surface area (Å²) in [5.41, 5.74) is 0.552. The van der Waals surface area contributed by atoms with Crippen LogP contribution in [0.3, 0.4) is 0 Å². The van der Waals surface area contributed by atoms with Crippen LogP contribution in [-0.4, -0.2) is 44.0 Å². The van der Waals surface area contributed by atoms with Crippen molar-refractivity contribution in [1.82, 2.24) is 14.8 Å². The quantitative estimate of drug-likeness (QED) is 0.624. The number of aromatic nitrogens is 3. The van der Waals surface area contributed by atoms with E-state index in [2.05, 4.69) is 10.1 Å². The zero-order valence-corrected chi connectivity index (χ0v) is 10.4. The standard InChI is InChI=1S/C11H13N5O3/c1-14-10-7(5-12-14)4-9(16(18)19)11(13-10)15-3-2-8(17)6-15/h4-5,8,17H,2-3,6H2,1H3. The van der Waals surface area contributed by atoms with E-state index in [0.29, 0.717) is 36.4 Å². The molecule has 3 rings (SSSR count). The number of aryl methyl sites for hydroxylation is 1. The molecule has 0 amide bonds. The number of aliphatic hydroxyl groups is 1. The molecule has 0 saturated carbocycles. The van der Waals surface area contributed by atoms with Gasteiger partial charge in [0.2, 0.25) is 5.82 Å². The van der Waals surface area contributed by atoms with E-state index in [4.69, 9.17) is 0 Å².